The monoisotopic (exact) mass is 381 g/mol. The number of carbonyl (C=O) groups excluding carboxylic acids is 1. The van der Waals surface area contributed by atoms with Gasteiger partial charge in [0.15, 0.2) is 0 Å². The Bertz CT molecular complexity index is 679. The van der Waals surface area contributed by atoms with Gasteiger partial charge in [-0.1, -0.05) is 62.5 Å². The second kappa shape index (κ2) is 10.4. The third-order valence-electron chi connectivity index (χ3n) is 3.96. The van der Waals surface area contributed by atoms with Crippen molar-refractivity contribution >= 4 is 29.3 Å². The second-order valence-electron chi connectivity index (χ2n) is 5.86. The predicted molar refractivity (Wildman–Crippen MR) is 101 cm³/mol. The molecule has 8 heteroatoms. The molecule has 0 saturated heterocycles. The number of aromatic nitrogens is 4. The quantitative estimate of drug-likeness (QED) is 0.634. The molecule has 6 nitrogen and oxygen atoms in total. The minimum Gasteiger partial charge on any atom is -0.355 e. The van der Waals surface area contributed by atoms with Crippen LogP contribution in [-0.2, 0) is 4.79 Å². The number of thioether (sulfide) groups is 1. The minimum atomic E-state index is 0.000549. The maximum absolute atomic E-state index is 12.1. The van der Waals surface area contributed by atoms with Crippen LogP contribution in [0.2, 0.25) is 5.02 Å². The van der Waals surface area contributed by atoms with Gasteiger partial charge in [-0.3, -0.25) is 4.79 Å². The van der Waals surface area contributed by atoms with E-state index in [1.54, 1.807) is 16.8 Å². The number of nitrogens with one attached hydrogen (secondary N) is 1. The summed E-state index contributed by atoms with van der Waals surface area (Å²) in [7, 11) is 0. The first-order chi connectivity index (χ1) is 12.1. The zero-order valence-corrected chi connectivity index (χ0v) is 16.2. The zero-order valence-electron chi connectivity index (χ0n) is 14.6. The summed E-state index contributed by atoms with van der Waals surface area (Å²) < 4.78 is 1.58. The Morgan fingerprint density at radius 1 is 1.40 bits per heavy atom. The molecule has 0 spiro atoms. The molecule has 0 bridgehead atoms. The molecule has 0 saturated carbocycles. The van der Waals surface area contributed by atoms with Gasteiger partial charge in [0, 0.05) is 11.6 Å². The van der Waals surface area contributed by atoms with Gasteiger partial charge < -0.3 is 5.32 Å². The summed E-state index contributed by atoms with van der Waals surface area (Å²) in [5.41, 5.74) is 0.769. The topological polar surface area (TPSA) is 72.7 Å². The van der Waals surface area contributed by atoms with Crippen molar-refractivity contribution in [3.8, 4) is 5.69 Å². The summed E-state index contributed by atoms with van der Waals surface area (Å²) in [6.45, 7) is 5.08. The van der Waals surface area contributed by atoms with Gasteiger partial charge in [-0.25, -0.2) is 0 Å². The lowest BCUT2D eigenvalue weighted by molar-refractivity contribution is -0.118. The van der Waals surface area contributed by atoms with E-state index in [0.29, 0.717) is 16.1 Å². The highest BCUT2D eigenvalue weighted by atomic mass is 35.5. The fourth-order valence-electron chi connectivity index (χ4n) is 2.42. The first-order valence-electron chi connectivity index (χ1n) is 8.57. The van der Waals surface area contributed by atoms with Crippen molar-refractivity contribution in [2.24, 2.45) is 5.92 Å². The Balaban J connectivity index is 1.85. The van der Waals surface area contributed by atoms with Gasteiger partial charge in [0.1, 0.15) is 0 Å². The molecule has 1 aromatic carbocycles. The summed E-state index contributed by atoms with van der Waals surface area (Å²) in [4.78, 5) is 12.1. The van der Waals surface area contributed by atoms with E-state index in [2.05, 4.69) is 34.7 Å². The van der Waals surface area contributed by atoms with E-state index in [9.17, 15) is 4.79 Å². The molecule has 0 aliphatic rings. The highest BCUT2D eigenvalue weighted by Gasteiger charge is 2.13. The fourth-order valence-corrected chi connectivity index (χ4v) is 3.33. The van der Waals surface area contributed by atoms with Gasteiger partial charge >= 0.3 is 0 Å². The van der Waals surface area contributed by atoms with Crippen molar-refractivity contribution in [2.75, 3.05) is 12.3 Å². The van der Waals surface area contributed by atoms with Crippen LogP contribution in [-0.4, -0.2) is 38.4 Å². The molecule has 1 aromatic heterocycles. The molecule has 2 aromatic rings. The van der Waals surface area contributed by atoms with Gasteiger partial charge in [-0.15, -0.1) is 5.10 Å². The average molecular weight is 382 g/mol. The average Bonchev–Trinajstić information content (AvgIpc) is 3.08. The summed E-state index contributed by atoms with van der Waals surface area (Å²) in [6.07, 6.45) is 4.64. The Kier molecular flexibility index (Phi) is 8.21. The minimum absolute atomic E-state index is 0.000549. The third kappa shape index (κ3) is 6.32. The van der Waals surface area contributed by atoms with E-state index in [0.717, 1.165) is 25.1 Å². The first-order valence-corrected chi connectivity index (χ1v) is 9.94. The lowest BCUT2D eigenvalue weighted by Crippen LogP contribution is -2.30. The largest absolute Gasteiger partial charge is 0.355 e. The van der Waals surface area contributed by atoms with Crippen LogP contribution >= 0.6 is 23.4 Å². The molecule has 136 valence electrons. The van der Waals surface area contributed by atoms with Gasteiger partial charge in [0.25, 0.3) is 0 Å². The number of carbonyl (C=O) groups is 1. The summed E-state index contributed by atoms with van der Waals surface area (Å²) in [5, 5.41) is 15.8. The number of tetrazole rings is 1. The number of unbranched alkanes of at least 4 members (excludes halogenated alkanes) is 1. The number of hydrogen-bond acceptors (Lipinski definition) is 5. The van der Waals surface area contributed by atoms with Crippen molar-refractivity contribution in [3.63, 3.8) is 0 Å². The van der Waals surface area contributed by atoms with E-state index >= 15 is 0 Å². The third-order valence-corrected chi connectivity index (χ3v) is 5.11. The molecule has 25 heavy (non-hydrogen) atoms. The van der Waals surface area contributed by atoms with Gasteiger partial charge in [-0.2, -0.15) is 4.68 Å². The Labute approximate surface area is 157 Å². The van der Waals surface area contributed by atoms with Crippen LogP contribution in [0.3, 0.4) is 0 Å². The van der Waals surface area contributed by atoms with Crippen LogP contribution in [0.5, 0.6) is 0 Å². The van der Waals surface area contributed by atoms with Gasteiger partial charge in [0.2, 0.25) is 11.1 Å². The molecule has 0 radical (unpaired) electrons. The maximum atomic E-state index is 12.1. The normalized spacial score (nSPS) is 12.1. The zero-order chi connectivity index (χ0) is 18.1. The molecular formula is C17H24ClN5OS. The molecular weight excluding hydrogens is 358 g/mol. The summed E-state index contributed by atoms with van der Waals surface area (Å²) >= 11 is 7.32. The van der Waals surface area contributed by atoms with Crippen molar-refractivity contribution < 1.29 is 4.79 Å². The molecule has 2 rings (SSSR count). The number of hydrogen-bond donors (Lipinski definition) is 1. The lowest BCUT2D eigenvalue weighted by atomic mass is 9.99. The smallest absolute Gasteiger partial charge is 0.230 e. The van der Waals surface area contributed by atoms with Crippen LogP contribution in [0.15, 0.2) is 29.4 Å². The van der Waals surface area contributed by atoms with Gasteiger partial charge in [0.05, 0.1) is 11.4 Å². The predicted octanol–water partition coefficient (Wildman–Crippen LogP) is 3.74. The summed E-state index contributed by atoms with van der Waals surface area (Å²) in [5.74, 6) is 0.830. The van der Waals surface area contributed by atoms with E-state index in [4.69, 9.17) is 11.6 Å². The number of benzene rings is 1. The lowest BCUT2D eigenvalue weighted by Gasteiger charge is -2.15. The fraction of sp³-hybridized carbons (Fsp3) is 0.529. The van der Waals surface area contributed by atoms with E-state index in [-0.39, 0.29) is 11.7 Å². The molecule has 0 aliphatic heterocycles. The summed E-state index contributed by atoms with van der Waals surface area (Å²) in [6, 6.07) is 7.27. The van der Waals surface area contributed by atoms with Crippen LogP contribution in [0.25, 0.3) is 5.69 Å². The van der Waals surface area contributed by atoms with Crippen molar-refractivity contribution in [1.82, 2.24) is 25.5 Å². The molecule has 0 aliphatic carbocycles. The Hall–Kier alpha value is -1.60. The maximum Gasteiger partial charge on any atom is 0.230 e. The SMILES string of the molecule is CCCC[C@H](CC)CNC(=O)CSc1nnnn1-c1cccc(Cl)c1. The van der Waals surface area contributed by atoms with Crippen molar-refractivity contribution in [1.29, 1.82) is 0 Å². The highest BCUT2D eigenvalue weighted by Crippen LogP contribution is 2.20. The number of rotatable bonds is 10. The first kappa shape index (κ1) is 19.7. The molecule has 1 heterocycles. The van der Waals surface area contributed by atoms with Crippen molar-refractivity contribution in [2.45, 2.75) is 44.7 Å². The standard InChI is InChI=1S/C17H24ClN5OS/c1-3-5-7-13(4-2)11-19-16(24)12-25-17-20-21-22-23(17)15-9-6-8-14(18)10-15/h6,8-10,13H,3-5,7,11-12H2,1-2H3,(H,19,24)/t13-/m0/s1. The molecule has 1 amide bonds. The van der Waals surface area contributed by atoms with E-state index in [1.807, 2.05) is 12.1 Å². The molecule has 1 N–H and O–H groups in total. The molecule has 0 unspecified atom stereocenters. The van der Waals surface area contributed by atoms with Crippen LogP contribution < -0.4 is 5.32 Å². The van der Waals surface area contributed by atoms with E-state index < -0.39 is 0 Å². The second-order valence-corrected chi connectivity index (χ2v) is 7.24. The van der Waals surface area contributed by atoms with E-state index in [1.165, 1.54) is 24.6 Å². The molecule has 0 fully saturated rings. The Morgan fingerprint density at radius 2 is 2.24 bits per heavy atom. The number of halogens is 1. The van der Waals surface area contributed by atoms with Crippen LogP contribution in [0, 0.1) is 5.92 Å². The van der Waals surface area contributed by atoms with Crippen LogP contribution in [0.1, 0.15) is 39.5 Å². The van der Waals surface area contributed by atoms with Gasteiger partial charge in [-0.05, 0) is 41.0 Å². The number of amides is 1. The van der Waals surface area contributed by atoms with Crippen LogP contribution in [0.4, 0.5) is 0 Å². The number of nitrogens with zero attached hydrogens (tertiary/aromatic N) is 4. The van der Waals surface area contributed by atoms with Crippen molar-refractivity contribution in [3.05, 3.63) is 29.3 Å². The highest BCUT2D eigenvalue weighted by molar-refractivity contribution is 7.99. The Morgan fingerprint density at radius 3 is 2.96 bits per heavy atom. The molecule has 1 atom stereocenters.